The maximum absolute atomic E-state index is 13.6. The van der Waals surface area contributed by atoms with Gasteiger partial charge in [0.1, 0.15) is 5.82 Å². The van der Waals surface area contributed by atoms with Crippen LogP contribution in [0.3, 0.4) is 0 Å². The Morgan fingerprint density at radius 3 is 2.62 bits per heavy atom. The molecule has 0 saturated heterocycles. The summed E-state index contributed by atoms with van der Waals surface area (Å²) in [4.78, 5) is 24.8. The Morgan fingerprint density at radius 1 is 1.19 bits per heavy atom. The summed E-state index contributed by atoms with van der Waals surface area (Å²) in [5.41, 5.74) is 4.29. The van der Waals surface area contributed by atoms with E-state index in [4.69, 9.17) is 5.73 Å². The first-order chi connectivity index (χ1) is 15.3. The van der Waals surface area contributed by atoms with E-state index >= 15 is 0 Å². The second-order valence-corrected chi connectivity index (χ2v) is 7.88. The molecule has 0 bridgehead atoms. The molecule has 1 aliphatic rings. The van der Waals surface area contributed by atoms with Crippen molar-refractivity contribution in [2.75, 3.05) is 12.3 Å². The molecule has 0 unspecified atom stereocenters. The Kier molecular flexibility index (Phi) is 5.81. The number of anilines is 1. The summed E-state index contributed by atoms with van der Waals surface area (Å²) >= 11 is 0. The van der Waals surface area contributed by atoms with E-state index in [-0.39, 0.29) is 23.7 Å². The molecule has 1 fully saturated rings. The van der Waals surface area contributed by atoms with Crippen molar-refractivity contribution >= 4 is 11.7 Å². The van der Waals surface area contributed by atoms with Gasteiger partial charge in [0.2, 0.25) is 0 Å². The van der Waals surface area contributed by atoms with Gasteiger partial charge in [-0.25, -0.2) is 9.67 Å². The van der Waals surface area contributed by atoms with Gasteiger partial charge >= 0.3 is 6.18 Å². The van der Waals surface area contributed by atoms with Crippen LogP contribution < -0.4 is 11.1 Å². The molecule has 1 aliphatic carbocycles. The highest BCUT2D eigenvalue weighted by molar-refractivity contribution is 5.95. The molecule has 0 radical (unpaired) electrons. The zero-order valence-electron chi connectivity index (χ0n) is 17.1. The highest BCUT2D eigenvalue weighted by Gasteiger charge is 2.40. The summed E-state index contributed by atoms with van der Waals surface area (Å²) in [6.45, 7) is 0.203. The topological polar surface area (TPSA) is 112 Å². The summed E-state index contributed by atoms with van der Waals surface area (Å²) in [7, 11) is 0. The number of nitrogen functional groups attached to an aromatic ring is 1. The highest BCUT2D eigenvalue weighted by atomic mass is 19.4. The number of alkyl halides is 3. The number of hydrogen-bond acceptors (Lipinski definition) is 6. The predicted octanol–water partition coefficient (Wildman–Crippen LogP) is 3.29. The maximum Gasteiger partial charge on any atom is 0.435 e. The molecule has 3 heterocycles. The number of amides is 1. The van der Waals surface area contributed by atoms with E-state index in [2.05, 4.69) is 25.4 Å². The van der Waals surface area contributed by atoms with Crippen molar-refractivity contribution in [3.63, 3.8) is 0 Å². The minimum absolute atomic E-state index is 0.0702. The molecule has 0 atom stereocenters. The quantitative estimate of drug-likeness (QED) is 0.623. The van der Waals surface area contributed by atoms with Crippen LogP contribution in [0.2, 0.25) is 0 Å². The van der Waals surface area contributed by atoms with Gasteiger partial charge in [-0.05, 0) is 30.5 Å². The third-order valence-corrected chi connectivity index (χ3v) is 5.77. The molecular weight excluding hydrogens is 423 g/mol. The number of pyridine rings is 1. The highest BCUT2D eigenvalue weighted by Crippen LogP contribution is 2.39. The molecule has 1 saturated carbocycles. The molecule has 0 spiro atoms. The molecular formula is C21H22F3N7O. The van der Waals surface area contributed by atoms with Crippen LogP contribution in [-0.4, -0.2) is 37.2 Å². The number of aromatic nitrogens is 5. The van der Waals surface area contributed by atoms with Crippen LogP contribution in [0.15, 0.2) is 43.0 Å². The van der Waals surface area contributed by atoms with Crippen LogP contribution in [-0.2, 0) is 11.6 Å². The fourth-order valence-corrected chi connectivity index (χ4v) is 4.14. The molecule has 11 heteroatoms. The normalized spacial score (nSPS) is 16.0. The van der Waals surface area contributed by atoms with Gasteiger partial charge in [0, 0.05) is 36.7 Å². The van der Waals surface area contributed by atoms with Crippen molar-refractivity contribution in [3.8, 4) is 5.95 Å². The van der Waals surface area contributed by atoms with E-state index in [1.165, 1.54) is 12.3 Å². The molecule has 0 aromatic carbocycles. The second kappa shape index (κ2) is 8.56. The monoisotopic (exact) mass is 445 g/mol. The smallest absolute Gasteiger partial charge is 0.384 e. The first-order valence-corrected chi connectivity index (χ1v) is 10.2. The Morgan fingerprint density at radius 2 is 1.97 bits per heavy atom. The summed E-state index contributed by atoms with van der Waals surface area (Å²) in [6, 6.07) is 5.17. The molecule has 4 rings (SSSR count). The van der Waals surface area contributed by atoms with Crippen LogP contribution in [0.5, 0.6) is 0 Å². The average Bonchev–Trinajstić information content (AvgIpc) is 3.25. The first kappa shape index (κ1) is 21.7. The molecule has 3 aromatic rings. The Balaban J connectivity index is 1.62. The molecule has 8 nitrogen and oxygen atoms in total. The Hall–Kier alpha value is -3.50. The van der Waals surface area contributed by atoms with Crippen molar-refractivity contribution in [2.24, 2.45) is 0 Å². The van der Waals surface area contributed by atoms with Crippen molar-refractivity contribution in [3.05, 3.63) is 59.8 Å². The van der Waals surface area contributed by atoms with E-state index in [9.17, 15) is 18.0 Å². The maximum atomic E-state index is 13.6. The molecule has 3 aromatic heterocycles. The molecule has 1 amide bonds. The van der Waals surface area contributed by atoms with Gasteiger partial charge in [0.15, 0.2) is 5.69 Å². The number of rotatable bonds is 5. The third-order valence-electron chi connectivity index (χ3n) is 5.77. The van der Waals surface area contributed by atoms with Gasteiger partial charge in [-0.2, -0.15) is 23.3 Å². The summed E-state index contributed by atoms with van der Waals surface area (Å²) in [6.07, 6.45) is 5.55. The number of halogens is 3. The van der Waals surface area contributed by atoms with Crippen molar-refractivity contribution in [1.29, 1.82) is 0 Å². The lowest BCUT2D eigenvalue weighted by molar-refractivity contribution is -0.141. The fourth-order valence-electron chi connectivity index (χ4n) is 4.14. The lowest BCUT2D eigenvalue weighted by atomic mass is 9.70. The zero-order chi connectivity index (χ0) is 22.8. The first-order valence-electron chi connectivity index (χ1n) is 10.2. The van der Waals surface area contributed by atoms with Gasteiger partial charge in [-0.1, -0.05) is 25.3 Å². The third kappa shape index (κ3) is 4.41. The van der Waals surface area contributed by atoms with Gasteiger partial charge in [0.05, 0.1) is 5.56 Å². The van der Waals surface area contributed by atoms with E-state index in [0.717, 1.165) is 48.5 Å². The van der Waals surface area contributed by atoms with Crippen LogP contribution in [0, 0.1) is 0 Å². The summed E-state index contributed by atoms with van der Waals surface area (Å²) in [5.74, 6) is -0.948. The second-order valence-electron chi connectivity index (χ2n) is 7.88. The fraction of sp³-hybridized carbons (Fsp3) is 0.381. The number of carbonyl (C=O) groups is 1. The lowest BCUT2D eigenvalue weighted by Crippen LogP contribution is -2.42. The average molecular weight is 445 g/mol. The van der Waals surface area contributed by atoms with Gasteiger partial charge in [-0.15, -0.1) is 0 Å². The number of carbonyl (C=O) groups excluding carboxylic acids is 1. The van der Waals surface area contributed by atoms with E-state index in [1.807, 2.05) is 12.1 Å². The zero-order valence-corrected chi connectivity index (χ0v) is 17.1. The SMILES string of the molecule is Nc1ccnc(-n2cc(C(=O)NCC3(c4cccnc4)CCCCC3)c(C(F)(F)F)n2)n1. The van der Waals surface area contributed by atoms with Crippen LogP contribution in [0.4, 0.5) is 19.0 Å². The molecule has 0 aliphatic heterocycles. The molecule has 168 valence electrons. The standard InChI is InChI=1S/C21H22F3N7O/c22-21(23,24)17-15(12-31(30-17)19-27-10-6-16(25)29-19)18(32)28-13-20(7-2-1-3-8-20)14-5-4-9-26-11-14/h4-6,9-12H,1-3,7-8,13H2,(H,28,32)(H2,25,27,29). The Bertz CT molecular complexity index is 1090. The van der Waals surface area contributed by atoms with Gasteiger partial charge < -0.3 is 11.1 Å². The molecule has 32 heavy (non-hydrogen) atoms. The Labute approximate surface area is 182 Å². The van der Waals surface area contributed by atoms with Crippen LogP contribution >= 0.6 is 0 Å². The number of hydrogen-bond donors (Lipinski definition) is 2. The number of nitrogens with two attached hydrogens (primary N) is 1. The predicted molar refractivity (Wildman–Crippen MR) is 110 cm³/mol. The van der Waals surface area contributed by atoms with Gasteiger partial charge in [-0.3, -0.25) is 9.78 Å². The van der Waals surface area contributed by atoms with E-state index in [0.29, 0.717) is 0 Å². The molecule has 3 N–H and O–H groups in total. The van der Waals surface area contributed by atoms with Gasteiger partial charge in [0.25, 0.3) is 11.9 Å². The van der Waals surface area contributed by atoms with Crippen molar-refractivity contribution < 1.29 is 18.0 Å². The summed E-state index contributed by atoms with van der Waals surface area (Å²) in [5, 5.41) is 6.24. The minimum atomic E-state index is -4.83. The van der Waals surface area contributed by atoms with Crippen molar-refractivity contribution in [1.82, 2.24) is 30.0 Å². The number of nitrogens with zero attached hydrogens (tertiary/aromatic N) is 5. The lowest BCUT2D eigenvalue weighted by Gasteiger charge is -2.37. The minimum Gasteiger partial charge on any atom is -0.384 e. The van der Waals surface area contributed by atoms with Crippen LogP contribution in [0.1, 0.15) is 53.7 Å². The number of nitrogens with one attached hydrogen (secondary N) is 1. The van der Waals surface area contributed by atoms with E-state index < -0.39 is 23.3 Å². The van der Waals surface area contributed by atoms with Crippen LogP contribution in [0.25, 0.3) is 5.95 Å². The summed E-state index contributed by atoms with van der Waals surface area (Å²) < 4.78 is 41.7. The van der Waals surface area contributed by atoms with Crippen molar-refractivity contribution in [2.45, 2.75) is 43.7 Å². The largest absolute Gasteiger partial charge is 0.435 e. The van der Waals surface area contributed by atoms with E-state index in [1.54, 1.807) is 12.4 Å².